The Bertz CT molecular complexity index is 807. The first kappa shape index (κ1) is 19.3. The predicted molar refractivity (Wildman–Crippen MR) is 105 cm³/mol. The van der Waals surface area contributed by atoms with E-state index < -0.39 is 0 Å². The fourth-order valence-corrected chi connectivity index (χ4v) is 3.05. The summed E-state index contributed by atoms with van der Waals surface area (Å²) < 4.78 is 16.2. The van der Waals surface area contributed by atoms with Gasteiger partial charge < -0.3 is 19.1 Å². The van der Waals surface area contributed by atoms with E-state index in [-0.39, 0.29) is 5.91 Å². The molecule has 0 bridgehead atoms. The van der Waals surface area contributed by atoms with E-state index in [4.69, 9.17) is 25.8 Å². The maximum atomic E-state index is 12.7. The smallest absolute Gasteiger partial charge is 0.246 e. The summed E-state index contributed by atoms with van der Waals surface area (Å²) in [5.41, 5.74) is 1.85. The van der Waals surface area contributed by atoms with Crippen LogP contribution in [0.25, 0.3) is 6.08 Å². The molecule has 1 amide bonds. The van der Waals surface area contributed by atoms with E-state index in [0.29, 0.717) is 49.4 Å². The molecule has 0 radical (unpaired) electrons. The monoisotopic (exact) mass is 387 g/mol. The van der Waals surface area contributed by atoms with Crippen molar-refractivity contribution in [3.05, 3.63) is 64.7 Å². The van der Waals surface area contributed by atoms with Crippen molar-refractivity contribution in [1.82, 2.24) is 4.90 Å². The first-order chi connectivity index (χ1) is 13.2. The van der Waals surface area contributed by atoms with E-state index >= 15 is 0 Å². The van der Waals surface area contributed by atoms with Gasteiger partial charge in [0.2, 0.25) is 5.91 Å². The number of rotatable bonds is 7. The minimum atomic E-state index is -0.0954. The summed E-state index contributed by atoms with van der Waals surface area (Å²) in [6.45, 7) is 2.47. The van der Waals surface area contributed by atoms with E-state index in [0.717, 1.165) is 11.1 Å². The van der Waals surface area contributed by atoms with Crippen molar-refractivity contribution < 1.29 is 19.0 Å². The van der Waals surface area contributed by atoms with E-state index in [1.54, 1.807) is 30.2 Å². The lowest BCUT2D eigenvalue weighted by Gasteiger charge is -2.21. The Balaban J connectivity index is 1.73. The summed E-state index contributed by atoms with van der Waals surface area (Å²) in [5.74, 6) is 1.06. The molecule has 0 fully saturated rings. The molecule has 2 aromatic carbocycles. The van der Waals surface area contributed by atoms with Gasteiger partial charge in [0, 0.05) is 26.3 Å². The molecule has 0 atom stereocenters. The van der Waals surface area contributed by atoms with Crippen LogP contribution in [-0.4, -0.2) is 44.3 Å². The minimum Gasteiger partial charge on any atom is -0.486 e. The highest BCUT2D eigenvalue weighted by Gasteiger charge is 2.16. The predicted octanol–water partition coefficient (Wildman–Crippen LogP) is 3.80. The van der Waals surface area contributed by atoms with Gasteiger partial charge in [-0.15, -0.1) is 0 Å². The molecule has 1 aliphatic rings. The molecule has 0 aromatic heterocycles. The Morgan fingerprint density at radius 2 is 2.00 bits per heavy atom. The number of benzene rings is 2. The normalized spacial score (nSPS) is 13.0. The average molecular weight is 388 g/mol. The number of amides is 1. The van der Waals surface area contributed by atoms with Crippen molar-refractivity contribution >= 4 is 23.6 Å². The number of carbonyl (C=O) groups is 1. The molecule has 27 heavy (non-hydrogen) atoms. The highest BCUT2D eigenvalue weighted by molar-refractivity contribution is 6.32. The summed E-state index contributed by atoms with van der Waals surface area (Å²) in [7, 11) is 1.62. The number of nitrogens with zero attached hydrogens (tertiary/aromatic N) is 1. The first-order valence-electron chi connectivity index (χ1n) is 8.76. The van der Waals surface area contributed by atoms with E-state index in [1.807, 2.05) is 36.4 Å². The molecular weight excluding hydrogens is 366 g/mol. The van der Waals surface area contributed by atoms with E-state index in [1.165, 1.54) is 0 Å². The lowest BCUT2D eigenvalue weighted by atomic mass is 10.1. The van der Waals surface area contributed by atoms with Crippen molar-refractivity contribution in [3.8, 4) is 11.5 Å². The molecule has 5 nitrogen and oxygen atoms in total. The molecule has 0 N–H and O–H groups in total. The fourth-order valence-electron chi connectivity index (χ4n) is 2.77. The fraction of sp³-hybridized carbons (Fsp3) is 0.286. The SMILES string of the molecule is COCCN(Cc1ccccc1)C(=O)/C=C/c1cc(Cl)c2c(c1)OCCO2. The lowest BCUT2D eigenvalue weighted by molar-refractivity contribution is -0.127. The Morgan fingerprint density at radius 3 is 2.78 bits per heavy atom. The van der Waals surface area contributed by atoms with Gasteiger partial charge >= 0.3 is 0 Å². The van der Waals surface area contributed by atoms with Crippen LogP contribution in [0.1, 0.15) is 11.1 Å². The molecule has 2 aromatic rings. The molecule has 0 unspecified atom stereocenters. The van der Waals surface area contributed by atoms with Crippen LogP contribution < -0.4 is 9.47 Å². The van der Waals surface area contributed by atoms with Gasteiger partial charge in [-0.05, 0) is 29.3 Å². The highest BCUT2D eigenvalue weighted by atomic mass is 35.5. The zero-order chi connectivity index (χ0) is 19.1. The highest BCUT2D eigenvalue weighted by Crippen LogP contribution is 2.38. The summed E-state index contributed by atoms with van der Waals surface area (Å²) >= 11 is 6.25. The maximum Gasteiger partial charge on any atom is 0.246 e. The lowest BCUT2D eigenvalue weighted by Crippen LogP contribution is -2.32. The maximum absolute atomic E-state index is 12.7. The van der Waals surface area contributed by atoms with E-state index in [9.17, 15) is 4.79 Å². The van der Waals surface area contributed by atoms with Crippen molar-refractivity contribution in [3.63, 3.8) is 0 Å². The zero-order valence-electron chi connectivity index (χ0n) is 15.2. The van der Waals surface area contributed by atoms with Crippen LogP contribution >= 0.6 is 11.6 Å². The second kappa shape index (κ2) is 9.44. The zero-order valence-corrected chi connectivity index (χ0v) is 15.9. The van der Waals surface area contributed by atoms with Crippen molar-refractivity contribution in [2.45, 2.75) is 6.54 Å². The summed E-state index contributed by atoms with van der Waals surface area (Å²) in [4.78, 5) is 14.4. The molecule has 142 valence electrons. The van der Waals surface area contributed by atoms with Crippen LogP contribution in [-0.2, 0) is 16.1 Å². The van der Waals surface area contributed by atoms with Crippen LogP contribution in [0.4, 0.5) is 0 Å². The van der Waals surface area contributed by atoms with Crippen LogP contribution in [0.2, 0.25) is 5.02 Å². The van der Waals surface area contributed by atoms with Crippen molar-refractivity contribution in [2.24, 2.45) is 0 Å². The molecule has 1 aliphatic heterocycles. The van der Waals surface area contributed by atoms with Gasteiger partial charge in [0.1, 0.15) is 13.2 Å². The van der Waals surface area contributed by atoms with Crippen LogP contribution in [0.15, 0.2) is 48.5 Å². The first-order valence-corrected chi connectivity index (χ1v) is 9.14. The van der Waals surface area contributed by atoms with Crippen LogP contribution in [0, 0.1) is 0 Å². The number of hydrogen-bond donors (Lipinski definition) is 0. The third-order valence-corrected chi connectivity index (χ3v) is 4.41. The van der Waals surface area contributed by atoms with Gasteiger partial charge in [0.25, 0.3) is 0 Å². The van der Waals surface area contributed by atoms with Gasteiger partial charge in [0.05, 0.1) is 11.6 Å². The Labute approximate surface area is 164 Å². The second-order valence-corrected chi connectivity index (χ2v) is 6.51. The Kier molecular flexibility index (Phi) is 6.74. The van der Waals surface area contributed by atoms with Crippen LogP contribution in [0.3, 0.4) is 0 Å². The molecular formula is C21H22ClNO4. The van der Waals surface area contributed by atoms with Gasteiger partial charge in [-0.2, -0.15) is 0 Å². The van der Waals surface area contributed by atoms with Crippen molar-refractivity contribution in [2.75, 3.05) is 33.5 Å². The van der Waals surface area contributed by atoms with Crippen molar-refractivity contribution in [1.29, 1.82) is 0 Å². The molecule has 6 heteroatoms. The molecule has 0 aliphatic carbocycles. The molecule has 0 saturated heterocycles. The van der Waals surface area contributed by atoms with Gasteiger partial charge in [-0.25, -0.2) is 0 Å². The third-order valence-electron chi connectivity index (χ3n) is 4.13. The van der Waals surface area contributed by atoms with Gasteiger partial charge in [0.15, 0.2) is 11.5 Å². The number of methoxy groups -OCH3 is 1. The van der Waals surface area contributed by atoms with E-state index in [2.05, 4.69) is 0 Å². The van der Waals surface area contributed by atoms with Gasteiger partial charge in [-0.3, -0.25) is 4.79 Å². The number of hydrogen-bond acceptors (Lipinski definition) is 4. The molecule has 3 rings (SSSR count). The number of halogens is 1. The second-order valence-electron chi connectivity index (χ2n) is 6.10. The minimum absolute atomic E-state index is 0.0954. The third kappa shape index (κ3) is 5.25. The Morgan fingerprint density at radius 1 is 1.22 bits per heavy atom. The van der Waals surface area contributed by atoms with Gasteiger partial charge in [-0.1, -0.05) is 41.9 Å². The standard InChI is InChI=1S/C21H22ClNO4/c1-25-10-9-23(15-16-5-3-2-4-6-16)20(24)8-7-17-13-18(22)21-19(14-17)26-11-12-27-21/h2-8,13-14H,9-12,15H2,1H3/b8-7+. The number of ether oxygens (including phenoxy) is 3. The summed E-state index contributed by atoms with van der Waals surface area (Å²) in [6.07, 6.45) is 3.28. The number of carbonyl (C=O) groups excluding carboxylic acids is 1. The number of fused-ring (bicyclic) bond motifs is 1. The Hall–Kier alpha value is -2.50. The molecule has 1 heterocycles. The molecule has 0 saturated carbocycles. The average Bonchev–Trinajstić information content (AvgIpc) is 2.70. The largest absolute Gasteiger partial charge is 0.486 e. The summed E-state index contributed by atoms with van der Waals surface area (Å²) in [6, 6.07) is 13.4. The van der Waals surface area contributed by atoms with Crippen LogP contribution in [0.5, 0.6) is 11.5 Å². The molecule has 0 spiro atoms. The topological polar surface area (TPSA) is 48.0 Å². The summed E-state index contributed by atoms with van der Waals surface area (Å²) in [5, 5.41) is 0.472. The quantitative estimate of drug-likeness (QED) is 0.678.